The Balaban J connectivity index is 1.52. The summed E-state index contributed by atoms with van der Waals surface area (Å²) in [5, 5.41) is 4.81. The first-order valence-electron chi connectivity index (χ1n) is 10.3. The van der Waals surface area contributed by atoms with Crippen molar-refractivity contribution in [3.63, 3.8) is 0 Å². The molecular formula is C23H26N3O3S2+. The van der Waals surface area contributed by atoms with Crippen LogP contribution in [-0.2, 0) is 14.8 Å². The van der Waals surface area contributed by atoms with Gasteiger partial charge < -0.3 is 10.2 Å². The van der Waals surface area contributed by atoms with Gasteiger partial charge in [0.2, 0.25) is 0 Å². The number of thiophene rings is 1. The fraction of sp³-hybridized carbons (Fsp3) is 0.261. The minimum Gasteiger partial charge on any atom is -0.321 e. The number of benzene rings is 2. The summed E-state index contributed by atoms with van der Waals surface area (Å²) in [6.45, 7) is 3.90. The first kappa shape index (κ1) is 21.7. The zero-order valence-corrected chi connectivity index (χ0v) is 19.0. The molecule has 0 bridgehead atoms. The number of carbonyl (C=O) groups is 1. The minimum atomic E-state index is -3.47. The number of quaternary nitrogens is 1. The van der Waals surface area contributed by atoms with E-state index in [2.05, 4.69) is 5.32 Å². The molecule has 2 aromatic carbocycles. The molecule has 1 saturated heterocycles. The second-order valence-electron chi connectivity index (χ2n) is 7.69. The Morgan fingerprint density at radius 2 is 1.68 bits per heavy atom. The van der Waals surface area contributed by atoms with Crippen LogP contribution in [0.15, 0.2) is 76.3 Å². The van der Waals surface area contributed by atoms with Gasteiger partial charge in [0.25, 0.3) is 15.9 Å². The number of amides is 1. The molecule has 0 radical (unpaired) electrons. The SMILES string of the molecule is Cc1ccc(NC(=O)[C@@H](c2ccccc2)[NH+]2CCN(S(=O)(=O)c3cccs3)CC2)cc1. The predicted molar refractivity (Wildman–Crippen MR) is 123 cm³/mol. The van der Waals surface area contributed by atoms with Gasteiger partial charge >= 0.3 is 0 Å². The molecule has 6 nitrogen and oxygen atoms in total. The number of rotatable bonds is 6. The Labute approximate surface area is 187 Å². The van der Waals surface area contributed by atoms with Crippen molar-refractivity contribution in [2.75, 3.05) is 31.5 Å². The number of sulfonamides is 1. The smallest absolute Gasteiger partial charge is 0.287 e. The maximum atomic E-state index is 13.3. The summed E-state index contributed by atoms with van der Waals surface area (Å²) in [6, 6.07) is 20.4. The van der Waals surface area contributed by atoms with Crippen molar-refractivity contribution in [1.29, 1.82) is 0 Å². The average molecular weight is 457 g/mol. The summed E-state index contributed by atoms with van der Waals surface area (Å²) in [5.74, 6) is -0.0837. The van der Waals surface area contributed by atoms with Crippen LogP contribution in [0.2, 0.25) is 0 Å². The molecule has 162 valence electrons. The topological polar surface area (TPSA) is 70.9 Å². The van der Waals surface area contributed by atoms with Gasteiger partial charge in [-0.3, -0.25) is 4.79 Å². The zero-order valence-electron chi connectivity index (χ0n) is 17.3. The molecule has 0 spiro atoms. The van der Waals surface area contributed by atoms with E-state index < -0.39 is 16.1 Å². The highest BCUT2D eigenvalue weighted by molar-refractivity contribution is 7.91. The molecule has 1 aliphatic heterocycles. The summed E-state index contributed by atoms with van der Waals surface area (Å²) in [4.78, 5) is 14.4. The van der Waals surface area contributed by atoms with E-state index in [1.54, 1.807) is 17.5 Å². The molecule has 2 N–H and O–H groups in total. The van der Waals surface area contributed by atoms with Crippen LogP contribution in [-0.4, -0.2) is 44.8 Å². The first-order valence-corrected chi connectivity index (χ1v) is 12.6. The van der Waals surface area contributed by atoms with Gasteiger partial charge in [-0.05, 0) is 30.5 Å². The van der Waals surface area contributed by atoms with Crippen LogP contribution in [0, 0.1) is 6.92 Å². The molecule has 1 fully saturated rings. The molecule has 3 aromatic rings. The molecule has 1 aromatic heterocycles. The van der Waals surface area contributed by atoms with Gasteiger partial charge in [0.1, 0.15) is 4.21 Å². The van der Waals surface area contributed by atoms with E-state index in [4.69, 9.17) is 0 Å². The van der Waals surface area contributed by atoms with Crippen molar-refractivity contribution in [2.24, 2.45) is 0 Å². The molecule has 8 heteroatoms. The summed E-state index contributed by atoms with van der Waals surface area (Å²) in [5.41, 5.74) is 2.82. The van der Waals surface area contributed by atoms with Crippen LogP contribution in [0.5, 0.6) is 0 Å². The lowest BCUT2D eigenvalue weighted by atomic mass is 10.0. The zero-order chi connectivity index (χ0) is 21.8. The van der Waals surface area contributed by atoms with Crippen LogP contribution < -0.4 is 10.2 Å². The van der Waals surface area contributed by atoms with E-state index in [1.807, 2.05) is 61.5 Å². The summed E-state index contributed by atoms with van der Waals surface area (Å²) < 4.78 is 27.6. The van der Waals surface area contributed by atoms with Gasteiger partial charge in [-0.15, -0.1) is 11.3 Å². The highest BCUT2D eigenvalue weighted by atomic mass is 32.2. The van der Waals surface area contributed by atoms with Crippen LogP contribution in [0.3, 0.4) is 0 Å². The molecule has 0 unspecified atom stereocenters. The molecule has 4 rings (SSSR count). The van der Waals surface area contributed by atoms with Gasteiger partial charge in [-0.25, -0.2) is 8.42 Å². The highest BCUT2D eigenvalue weighted by Gasteiger charge is 2.37. The Hall–Kier alpha value is -2.52. The standard InChI is InChI=1S/C23H25N3O3S2/c1-18-9-11-20(12-10-18)24-23(27)22(19-6-3-2-4-7-19)25-13-15-26(16-14-25)31(28,29)21-8-5-17-30-21/h2-12,17,22H,13-16H2,1H3,(H,24,27)/p+1/t22-/m1/s1. The normalized spacial score (nSPS) is 16.7. The second-order valence-corrected chi connectivity index (χ2v) is 10.8. The monoisotopic (exact) mass is 456 g/mol. The van der Waals surface area contributed by atoms with Gasteiger partial charge in [0.15, 0.2) is 6.04 Å². The van der Waals surface area contributed by atoms with E-state index in [0.717, 1.165) is 21.7 Å². The van der Waals surface area contributed by atoms with Crippen molar-refractivity contribution in [3.05, 3.63) is 83.2 Å². The largest absolute Gasteiger partial charge is 0.321 e. The lowest BCUT2D eigenvalue weighted by molar-refractivity contribution is -0.925. The quantitative estimate of drug-likeness (QED) is 0.598. The fourth-order valence-corrected chi connectivity index (χ4v) is 6.50. The number of aryl methyl sites for hydroxylation is 1. The van der Waals surface area contributed by atoms with Crippen LogP contribution in [0.1, 0.15) is 17.2 Å². The predicted octanol–water partition coefficient (Wildman–Crippen LogP) is 2.33. The lowest BCUT2D eigenvalue weighted by Crippen LogP contribution is -3.16. The average Bonchev–Trinajstić information content (AvgIpc) is 3.33. The lowest BCUT2D eigenvalue weighted by Gasteiger charge is -2.35. The highest BCUT2D eigenvalue weighted by Crippen LogP contribution is 2.21. The van der Waals surface area contributed by atoms with Gasteiger partial charge in [-0.1, -0.05) is 54.1 Å². The molecule has 1 amide bonds. The third-order valence-electron chi connectivity index (χ3n) is 5.58. The Morgan fingerprint density at radius 1 is 1.00 bits per heavy atom. The maximum absolute atomic E-state index is 13.3. The van der Waals surface area contributed by atoms with E-state index >= 15 is 0 Å². The number of carbonyl (C=O) groups excluding carboxylic acids is 1. The van der Waals surface area contributed by atoms with E-state index in [9.17, 15) is 13.2 Å². The molecule has 1 atom stereocenters. The fourth-order valence-electron chi connectivity index (χ4n) is 3.91. The Bertz CT molecular complexity index is 1110. The number of hydrogen-bond donors (Lipinski definition) is 2. The molecule has 0 saturated carbocycles. The third kappa shape index (κ3) is 4.88. The molecule has 31 heavy (non-hydrogen) atoms. The van der Waals surface area contributed by atoms with Crippen molar-refractivity contribution < 1.29 is 18.1 Å². The second kappa shape index (κ2) is 9.32. The van der Waals surface area contributed by atoms with Crippen LogP contribution in [0.25, 0.3) is 0 Å². The van der Waals surface area contributed by atoms with E-state index in [0.29, 0.717) is 30.4 Å². The van der Waals surface area contributed by atoms with E-state index in [1.165, 1.54) is 15.6 Å². The molecule has 1 aliphatic rings. The van der Waals surface area contributed by atoms with Crippen molar-refractivity contribution in [1.82, 2.24) is 4.31 Å². The van der Waals surface area contributed by atoms with Crippen molar-refractivity contribution in [2.45, 2.75) is 17.2 Å². The van der Waals surface area contributed by atoms with Crippen molar-refractivity contribution >= 4 is 33.0 Å². The number of nitrogens with one attached hydrogen (secondary N) is 2. The third-order valence-corrected chi connectivity index (χ3v) is 8.85. The first-order chi connectivity index (χ1) is 14.9. The summed E-state index contributed by atoms with van der Waals surface area (Å²) in [7, 11) is -3.47. The van der Waals surface area contributed by atoms with Gasteiger partial charge in [0, 0.05) is 11.3 Å². The Morgan fingerprint density at radius 3 is 2.29 bits per heavy atom. The molecule has 2 heterocycles. The van der Waals surface area contributed by atoms with Crippen LogP contribution >= 0.6 is 11.3 Å². The van der Waals surface area contributed by atoms with Crippen LogP contribution in [0.4, 0.5) is 5.69 Å². The number of piperazine rings is 1. The minimum absolute atomic E-state index is 0.0837. The summed E-state index contributed by atoms with van der Waals surface area (Å²) in [6.07, 6.45) is 0. The summed E-state index contributed by atoms with van der Waals surface area (Å²) >= 11 is 1.23. The Kier molecular flexibility index (Phi) is 6.52. The molecular weight excluding hydrogens is 430 g/mol. The van der Waals surface area contributed by atoms with Gasteiger partial charge in [-0.2, -0.15) is 4.31 Å². The van der Waals surface area contributed by atoms with E-state index in [-0.39, 0.29) is 5.91 Å². The number of hydrogen-bond acceptors (Lipinski definition) is 4. The number of nitrogens with zero attached hydrogens (tertiary/aromatic N) is 1. The van der Waals surface area contributed by atoms with Crippen molar-refractivity contribution in [3.8, 4) is 0 Å². The van der Waals surface area contributed by atoms with Gasteiger partial charge in [0.05, 0.1) is 26.2 Å². The maximum Gasteiger partial charge on any atom is 0.287 e. The molecule has 0 aliphatic carbocycles. The number of anilines is 1.